The van der Waals surface area contributed by atoms with Crippen LogP contribution in [0.2, 0.25) is 0 Å². The first-order chi connectivity index (χ1) is 20.2. The van der Waals surface area contributed by atoms with Crippen LogP contribution >= 0.6 is 23.2 Å². The van der Waals surface area contributed by atoms with Gasteiger partial charge in [-0.15, -0.1) is 23.2 Å². The van der Waals surface area contributed by atoms with Crippen molar-refractivity contribution in [2.45, 2.75) is 43.6 Å². The Labute approximate surface area is 251 Å². The van der Waals surface area contributed by atoms with Gasteiger partial charge < -0.3 is 45.2 Å². The quantitative estimate of drug-likeness (QED) is 0.120. The Hall–Kier alpha value is -3.20. The lowest BCUT2D eigenvalue weighted by molar-refractivity contribution is -0.137. The molecule has 0 amide bonds. The fourth-order valence-corrected chi connectivity index (χ4v) is 5.54. The van der Waals surface area contributed by atoms with E-state index in [-0.39, 0.29) is 18.6 Å². The van der Waals surface area contributed by atoms with Crippen molar-refractivity contribution in [3.05, 3.63) is 52.5 Å². The van der Waals surface area contributed by atoms with E-state index in [9.17, 15) is 19.8 Å². The van der Waals surface area contributed by atoms with E-state index in [1.54, 1.807) is 6.20 Å². The first-order valence-electron chi connectivity index (χ1n) is 13.5. The molecule has 1 fully saturated rings. The minimum Gasteiger partial charge on any atom is -0.481 e. The number of aromatic nitrogens is 5. The molecule has 42 heavy (non-hydrogen) atoms. The van der Waals surface area contributed by atoms with Gasteiger partial charge >= 0.3 is 5.97 Å². The second-order valence-corrected chi connectivity index (χ2v) is 10.7. The van der Waals surface area contributed by atoms with Gasteiger partial charge in [0.05, 0.1) is 42.2 Å². The molecule has 4 heterocycles. The first kappa shape index (κ1) is 31.7. The molecule has 1 saturated heterocycles. The number of hydrogen-bond acceptors (Lipinski definition) is 9. The van der Waals surface area contributed by atoms with Crippen LogP contribution in [0.1, 0.15) is 30.3 Å². The summed E-state index contributed by atoms with van der Waals surface area (Å²) >= 11 is 11.7. The highest BCUT2D eigenvalue weighted by molar-refractivity contribution is 6.18. The van der Waals surface area contributed by atoms with Crippen LogP contribution in [-0.4, -0.2) is 101 Å². The molecule has 5 rings (SSSR count). The summed E-state index contributed by atoms with van der Waals surface area (Å²) < 4.78 is 2.02. The van der Waals surface area contributed by atoms with Crippen LogP contribution in [0.5, 0.6) is 0 Å². The molecule has 4 atom stereocenters. The number of aliphatic hydroxyl groups is 3. The molecule has 15 heteroatoms. The molecular weight excluding hydrogens is 589 g/mol. The number of halogens is 2. The molecule has 0 bridgehead atoms. The molecule has 0 aliphatic carbocycles. The number of carboxylic acids is 1. The number of nitrogens with one attached hydrogen (secondary N) is 3. The molecule has 1 aliphatic rings. The first-order valence-corrected chi connectivity index (χ1v) is 14.6. The van der Waals surface area contributed by atoms with Gasteiger partial charge in [-0.1, -0.05) is 0 Å². The molecule has 0 unspecified atom stereocenters. The summed E-state index contributed by atoms with van der Waals surface area (Å²) in [4.78, 5) is 38.3. The van der Waals surface area contributed by atoms with E-state index in [1.165, 1.54) is 6.33 Å². The summed E-state index contributed by atoms with van der Waals surface area (Å²) in [7, 11) is 1.96. The number of benzene rings is 1. The zero-order valence-corrected chi connectivity index (χ0v) is 24.5. The van der Waals surface area contributed by atoms with Crippen LogP contribution in [0, 0.1) is 0 Å². The molecule has 0 radical (unpaired) electrons. The average Bonchev–Trinajstić information content (AvgIpc) is 3.63. The number of H-pyrrole nitrogens is 2. The number of fused-ring (bicyclic) bond motifs is 2. The van der Waals surface area contributed by atoms with Crippen molar-refractivity contribution in [1.82, 2.24) is 29.8 Å². The van der Waals surface area contributed by atoms with Crippen molar-refractivity contribution in [3.63, 3.8) is 0 Å². The zero-order chi connectivity index (χ0) is 30.4. The number of imidazole rings is 1. The molecule has 13 nitrogen and oxygen atoms in total. The van der Waals surface area contributed by atoms with E-state index in [4.69, 9.17) is 33.4 Å². The topological polar surface area (TPSA) is 193 Å². The third kappa shape index (κ3) is 6.88. The standard InChI is InChI=1S/C16H21Cl2N3O2.C11H14N4O4/c1-20-14-6-5-12(21(9-7-17)10-8-18)11-13(14)19-15(20)3-2-4-16(22)23;16-2-5-9(17)10(18)7(15-5)4-1-12-8-6(4)13-3-14-11(8)19/h5-6,11H,2-4,7-10H2,1H3,(H,22,23);1,3,5,7,9-10,12,15-18H,2H2,(H,13,14,19)/t;5-,7+,9-,10+/m.1/s1. The van der Waals surface area contributed by atoms with Gasteiger partial charge in [-0.2, -0.15) is 0 Å². The highest BCUT2D eigenvalue weighted by Crippen LogP contribution is 2.30. The lowest BCUT2D eigenvalue weighted by atomic mass is 10.0. The Morgan fingerprint density at radius 1 is 1.14 bits per heavy atom. The summed E-state index contributed by atoms with van der Waals surface area (Å²) in [6.07, 6.45) is 2.11. The van der Waals surface area contributed by atoms with Crippen LogP contribution in [0.3, 0.4) is 0 Å². The maximum absolute atomic E-state index is 11.6. The lowest BCUT2D eigenvalue weighted by Gasteiger charge is -2.22. The molecule has 3 aromatic heterocycles. The minimum atomic E-state index is -1.07. The molecule has 7 N–H and O–H groups in total. The van der Waals surface area contributed by atoms with Crippen LogP contribution in [-0.2, 0) is 18.3 Å². The van der Waals surface area contributed by atoms with Gasteiger partial charge in [0.2, 0.25) is 0 Å². The van der Waals surface area contributed by atoms with Gasteiger partial charge in [-0.25, -0.2) is 9.97 Å². The van der Waals surface area contributed by atoms with Gasteiger partial charge in [0.15, 0.2) is 0 Å². The minimum absolute atomic E-state index is 0.160. The Bertz CT molecular complexity index is 1550. The van der Waals surface area contributed by atoms with Gasteiger partial charge in [0, 0.05) is 62.2 Å². The monoisotopic (exact) mass is 623 g/mol. The number of nitrogens with zero attached hydrogens (tertiary/aromatic N) is 4. The van der Waals surface area contributed by atoms with Crippen molar-refractivity contribution < 1.29 is 25.2 Å². The average molecular weight is 625 g/mol. The summed E-state index contributed by atoms with van der Waals surface area (Å²) in [6, 6.07) is 4.93. The maximum atomic E-state index is 11.6. The molecule has 0 spiro atoms. The maximum Gasteiger partial charge on any atom is 0.303 e. The fraction of sp³-hybridized carbons (Fsp3) is 0.481. The predicted molar refractivity (Wildman–Crippen MR) is 160 cm³/mol. The van der Waals surface area contributed by atoms with Gasteiger partial charge in [0.25, 0.3) is 5.56 Å². The number of aryl methyl sites for hydroxylation is 2. The van der Waals surface area contributed by atoms with Crippen molar-refractivity contribution in [1.29, 1.82) is 0 Å². The third-order valence-electron chi connectivity index (χ3n) is 7.35. The SMILES string of the molecule is Cn1c(CCCC(=O)O)nc2cc(N(CCCl)CCCl)ccc21.O=c1[nH]cnc2c([C@@H]3N[C@H](CO)[C@@H](O)[C@H]3O)c[nH]c12. The number of anilines is 1. The molecule has 1 aromatic carbocycles. The summed E-state index contributed by atoms with van der Waals surface area (Å²) in [5, 5.41) is 40.6. The Morgan fingerprint density at radius 3 is 2.52 bits per heavy atom. The Kier molecular flexibility index (Phi) is 10.8. The summed E-state index contributed by atoms with van der Waals surface area (Å²) in [5.74, 6) is 1.21. The van der Waals surface area contributed by atoms with Crippen molar-refractivity contribution in [2.24, 2.45) is 7.05 Å². The van der Waals surface area contributed by atoms with Crippen LogP contribution in [0.25, 0.3) is 22.1 Å². The second-order valence-electron chi connectivity index (χ2n) is 9.99. The van der Waals surface area contributed by atoms with Gasteiger partial charge in [0.1, 0.15) is 23.0 Å². The molecule has 0 saturated carbocycles. The van der Waals surface area contributed by atoms with Crippen LogP contribution < -0.4 is 15.8 Å². The largest absolute Gasteiger partial charge is 0.481 e. The fourth-order valence-electron chi connectivity index (χ4n) is 5.14. The Morgan fingerprint density at radius 2 is 1.88 bits per heavy atom. The van der Waals surface area contributed by atoms with Crippen molar-refractivity contribution >= 4 is 56.9 Å². The van der Waals surface area contributed by atoms with Gasteiger partial charge in [-0.3, -0.25) is 9.59 Å². The van der Waals surface area contributed by atoms with E-state index in [0.717, 1.165) is 35.6 Å². The predicted octanol–water partition coefficient (Wildman–Crippen LogP) is 1.24. The number of hydrogen-bond donors (Lipinski definition) is 7. The normalized spacial score (nSPS) is 20.1. The van der Waals surface area contributed by atoms with E-state index in [2.05, 4.69) is 30.2 Å². The highest BCUT2D eigenvalue weighted by Gasteiger charge is 2.42. The number of rotatable bonds is 11. The Balaban J connectivity index is 0.000000196. The van der Waals surface area contributed by atoms with Crippen molar-refractivity contribution in [3.8, 4) is 0 Å². The van der Waals surface area contributed by atoms with E-state index >= 15 is 0 Å². The number of aromatic amines is 2. The summed E-state index contributed by atoms with van der Waals surface area (Å²) in [6.45, 7) is 1.18. The lowest BCUT2D eigenvalue weighted by Crippen LogP contribution is -2.35. The summed E-state index contributed by atoms with van der Waals surface area (Å²) in [5.41, 5.74) is 4.03. The highest BCUT2D eigenvalue weighted by atomic mass is 35.5. The third-order valence-corrected chi connectivity index (χ3v) is 7.69. The van der Waals surface area contributed by atoms with Crippen LogP contribution in [0.4, 0.5) is 5.69 Å². The number of aliphatic hydroxyl groups excluding tert-OH is 3. The molecule has 4 aromatic rings. The number of alkyl halides is 2. The number of carbonyl (C=O) groups is 1. The molecular formula is C27H35Cl2N7O6. The molecule has 1 aliphatic heterocycles. The van der Waals surface area contributed by atoms with E-state index < -0.39 is 30.3 Å². The van der Waals surface area contributed by atoms with Crippen LogP contribution in [0.15, 0.2) is 35.5 Å². The van der Waals surface area contributed by atoms with Gasteiger partial charge in [-0.05, 0) is 24.6 Å². The number of carboxylic acid groups (broad SMARTS) is 1. The molecule has 228 valence electrons. The zero-order valence-electron chi connectivity index (χ0n) is 23.0. The van der Waals surface area contributed by atoms with E-state index in [0.29, 0.717) is 41.2 Å². The smallest absolute Gasteiger partial charge is 0.303 e. The second kappa shape index (κ2) is 14.3. The van der Waals surface area contributed by atoms with E-state index in [1.807, 2.05) is 29.8 Å². The number of aliphatic carboxylic acids is 1. The van der Waals surface area contributed by atoms with Crippen molar-refractivity contribution in [2.75, 3.05) is 36.4 Å².